The molecule has 2 heterocycles. The number of aromatic nitrogens is 2. The molecule has 5 nitrogen and oxygen atoms in total. The van der Waals surface area contributed by atoms with E-state index in [-0.39, 0.29) is 11.8 Å². The standard InChI is InChI=1S/C12H17N3O2/c16-12(8-3-4-8)13-11-6-10(14-15-11)9-2-1-5-17-7-9/h6,8-9H,1-5,7H2,(H2,13,14,15,16). The van der Waals surface area contributed by atoms with Crippen molar-refractivity contribution in [3.8, 4) is 0 Å². The maximum Gasteiger partial charge on any atom is 0.228 e. The minimum Gasteiger partial charge on any atom is -0.381 e. The number of carbonyl (C=O) groups excluding carboxylic acids is 1. The van der Waals surface area contributed by atoms with Crippen LogP contribution in [-0.4, -0.2) is 29.3 Å². The van der Waals surface area contributed by atoms with E-state index in [9.17, 15) is 4.79 Å². The first-order chi connectivity index (χ1) is 8.33. The highest BCUT2D eigenvalue weighted by Gasteiger charge is 2.30. The average molecular weight is 235 g/mol. The fourth-order valence-electron chi connectivity index (χ4n) is 2.17. The van der Waals surface area contributed by atoms with Crippen LogP contribution in [0, 0.1) is 5.92 Å². The molecule has 2 aliphatic rings. The van der Waals surface area contributed by atoms with E-state index < -0.39 is 0 Å². The van der Waals surface area contributed by atoms with Crippen molar-refractivity contribution in [1.82, 2.24) is 10.2 Å². The van der Waals surface area contributed by atoms with E-state index in [0.29, 0.717) is 11.7 Å². The van der Waals surface area contributed by atoms with Crippen molar-refractivity contribution < 1.29 is 9.53 Å². The lowest BCUT2D eigenvalue weighted by atomic mass is 9.99. The molecular weight excluding hydrogens is 218 g/mol. The first-order valence-corrected chi connectivity index (χ1v) is 6.27. The molecule has 0 aromatic carbocycles. The third-order valence-corrected chi connectivity index (χ3v) is 3.40. The highest BCUT2D eigenvalue weighted by Crippen LogP contribution is 2.30. The minimum absolute atomic E-state index is 0.0999. The normalized spacial score (nSPS) is 24.6. The number of nitrogens with zero attached hydrogens (tertiary/aromatic N) is 1. The molecule has 0 bridgehead atoms. The van der Waals surface area contributed by atoms with Gasteiger partial charge in [-0.3, -0.25) is 9.89 Å². The third-order valence-electron chi connectivity index (χ3n) is 3.40. The molecule has 0 spiro atoms. The van der Waals surface area contributed by atoms with E-state index in [1.807, 2.05) is 6.07 Å². The first-order valence-electron chi connectivity index (χ1n) is 6.27. The van der Waals surface area contributed by atoms with Gasteiger partial charge in [0.25, 0.3) is 0 Å². The van der Waals surface area contributed by atoms with Crippen LogP contribution in [0.1, 0.15) is 37.3 Å². The number of H-pyrrole nitrogens is 1. The topological polar surface area (TPSA) is 67.0 Å². The smallest absolute Gasteiger partial charge is 0.228 e. The number of carbonyl (C=O) groups is 1. The second-order valence-corrected chi connectivity index (χ2v) is 4.89. The summed E-state index contributed by atoms with van der Waals surface area (Å²) in [5.74, 6) is 1.35. The SMILES string of the molecule is O=C(Nc1cc(C2CCCOC2)[nH]n1)C1CC1. The molecular formula is C12H17N3O2. The van der Waals surface area contributed by atoms with E-state index in [1.165, 1.54) is 0 Å². The Hall–Kier alpha value is -1.36. The molecule has 1 unspecified atom stereocenters. The number of aromatic amines is 1. The van der Waals surface area contributed by atoms with E-state index >= 15 is 0 Å². The summed E-state index contributed by atoms with van der Waals surface area (Å²) in [5.41, 5.74) is 1.07. The lowest BCUT2D eigenvalue weighted by Gasteiger charge is -2.20. The molecule has 1 saturated heterocycles. The van der Waals surface area contributed by atoms with Crippen molar-refractivity contribution in [1.29, 1.82) is 0 Å². The highest BCUT2D eigenvalue weighted by molar-refractivity contribution is 5.93. The van der Waals surface area contributed by atoms with Gasteiger partial charge in [-0.2, -0.15) is 5.10 Å². The van der Waals surface area contributed by atoms with Gasteiger partial charge in [0.05, 0.1) is 6.61 Å². The van der Waals surface area contributed by atoms with Crippen LogP contribution < -0.4 is 5.32 Å². The van der Waals surface area contributed by atoms with Gasteiger partial charge in [0, 0.05) is 30.2 Å². The van der Waals surface area contributed by atoms with E-state index in [2.05, 4.69) is 15.5 Å². The largest absolute Gasteiger partial charge is 0.381 e. The molecule has 1 amide bonds. The van der Waals surface area contributed by atoms with Gasteiger partial charge in [-0.1, -0.05) is 0 Å². The lowest BCUT2D eigenvalue weighted by molar-refractivity contribution is -0.117. The van der Waals surface area contributed by atoms with Crippen molar-refractivity contribution in [2.45, 2.75) is 31.6 Å². The van der Waals surface area contributed by atoms with Gasteiger partial charge in [-0.15, -0.1) is 0 Å². The summed E-state index contributed by atoms with van der Waals surface area (Å²) in [6, 6.07) is 1.93. The molecule has 1 atom stereocenters. The van der Waals surface area contributed by atoms with Crippen LogP contribution in [-0.2, 0) is 9.53 Å². The Morgan fingerprint density at radius 2 is 2.35 bits per heavy atom. The van der Waals surface area contributed by atoms with Gasteiger partial charge < -0.3 is 10.1 Å². The molecule has 17 heavy (non-hydrogen) atoms. The Morgan fingerprint density at radius 3 is 3.06 bits per heavy atom. The Kier molecular flexibility index (Phi) is 2.84. The maximum atomic E-state index is 11.6. The predicted molar refractivity (Wildman–Crippen MR) is 62.7 cm³/mol. The number of hydrogen-bond acceptors (Lipinski definition) is 3. The zero-order valence-corrected chi connectivity index (χ0v) is 9.74. The van der Waals surface area contributed by atoms with Crippen molar-refractivity contribution in [2.24, 2.45) is 5.92 Å². The van der Waals surface area contributed by atoms with Gasteiger partial charge >= 0.3 is 0 Å². The van der Waals surface area contributed by atoms with Gasteiger partial charge in [0.15, 0.2) is 5.82 Å². The summed E-state index contributed by atoms with van der Waals surface area (Å²) >= 11 is 0. The molecule has 1 aromatic heterocycles. The highest BCUT2D eigenvalue weighted by atomic mass is 16.5. The van der Waals surface area contributed by atoms with Crippen molar-refractivity contribution >= 4 is 11.7 Å². The number of nitrogens with one attached hydrogen (secondary N) is 2. The molecule has 1 aromatic rings. The summed E-state index contributed by atoms with van der Waals surface area (Å²) in [6.07, 6.45) is 4.24. The summed E-state index contributed by atoms with van der Waals surface area (Å²) in [7, 11) is 0. The van der Waals surface area contributed by atoms with Crippen LogP contribution in [0.3, 0.4) is 0 Å². The maximum absolute atomic E-state index is 11.6. The Morgan fingerprint density at radius 1 is 1.47 bits per heavy atom. The fourth-order valence-corrected chi connectivity index (χ4v) is 2.17. The quantitative estimate of drug-likeness (QED) is 0.837. The zero-order valence-electron chi connectivity index (χ0n) is 9.74. The molecule has 92 valence electrons. The summed E-state index contributed by atoms with van der Waals surface area (Å²) in [5, 5.41) is 9.97. The van der Waals surface area contributed by atoms with Crippen molar-refractivity contribution in [2.75, 3.05) is 18.5 Å². The third kappa shape index (κ3) is 2.49. The fraction of sp³-hybridized carbons (Fsp3) is 0.667. The first kappa shape index (κ1) is 10.8. The Bertz CT molecular complexity index is 406. The van der Waals surface area contributed by atoms with Crippen molar-refractivity contribution in [3.63, 3.8) is 0 Å². The van der Waals surface area contributed by atoms with E-state index in [0.717, 1.165) is 44.6 Å². The van der Waals surface area contributed by atoms with Crippen LogP contribution in [0.25, 0.3) is 0 Å². The molecule has 3 rings (SSSR count). The van der Waals surface area contributed by atoms with E-state index in [1.54, 1.807) is 0 Å². The molecule has 0 radical (unpaired) electrons. The van der Waals surface area contributed by atoms with Crippen LogP contribution in [0.5, 0.6) is 0 Å². The van der Waals surface area contributed by atoms with Gasteiger partial charge in [0.2, 0.25) is 5.91 Å². The monoisotopic (exact) mass is 235 g/mol. The van der Waals surface area contributed by atoms with Gasteiger partial charge in [-0.25, -0.2) is 0 Å². The van der Waals surface area contributed by atoms with E-state index in [4.69, 9.17) is 4.74 Å². The van der Waals surface area contributed by atoms with Crippen LogP contribution in [0.2, 0.25) is 0 Å². The zero-order chi connectivity index (χ0) is 11.7. The van der Waals surface area contributed by atoms with Gasteiger partial charge in [-0.05, 0) is 25.7 Å². The number of ether oxygens (including phenoxy) is 1. The number of hydrogen-bond donors (Lipinski definition) is 2. The minimum atomic E-state index is 0.0999. The summed E-state index contributed by atoms with van der Waals surface area (Å²) in [6.45, 7) is 1.61. The summed E-state index contributed by atoms with van der Waals surface area (Å²) in [4.78, 5) is 11.6. The lowest BCUT2D eigenvalue weighted by Crippen LogP contribution is -2.15. The summed E-state index contributed by atoms with van der Waals surface area (Å²) < 4.78 is 5.44. The van der Waals surface area contributed by atoms with Crippen LogP contribution in [0.4, 0.5) is 5.82 Å². The predicted octanol–water partition coefficient (Wildman–Crippen LogP) is 1.65. The second-order valence-electron chi connectivity index (χ2n) is 4.89. The average Bonchev–Trinajstić information content (AvgIpc) is 3.12. The number of rotatable bonds is 3. The molecule has 1 aliphatic carbocycles. The molecule has 1 saturated carbocycles. The van der Waals surface area contributed by atoms with Gasteiger partial charge in [0.1, 0.15) is 0 Å². The second kappa shape index (κ2) is 4.49. The van der Waals surface area contributed by atoms with Crippen LogP contribution >= 0.6 is 0 Å². The van der Waals surface area contributed by atoms with Crippen LogP contribution in [0.15, 0.2) is 6.07 Å². The molecule has 2 N–H and O–H groups in total. The molecule has 5 heteroatoms. The number of amides is 1. The van der Waals surface area contributed by atoms with Crippen molar-refractivity contribution in [3.05, 3.63) is 11.8 Å². The molecule has 2 fully saturated rings. The molecule has 1 aliphatic heterocycles. The Labute approximate surface area is 99.9 Å². The number of anilines is 1. The Balaban J connectivity index is 1.62.